The van der Waals surface area contributed by atoms with Crippen LogP contribution in [0.2, 0.25) is 0 Å². The molecule has 2 atom stereocenters. The minimum absolute atomic E-state index is 0.0369. The number of nitrogens with zero attached hydrogens (tertiary/aromatic N) is 2. The first-order valence-corrected chi connectivity index (χ1v) is 10.0. The van der Waals surface area contributed by atoms with Crippen molar-refractivity contribution in [2.75, 3.05) is 29.9 Å². The molecule has 3 aliphatic rings. The maximum atomic E-state index is 13.2. The van der Waals surface area contributed by atoms with Crippen molar-refractivity contribution in [3.63, 3.8) is 0 Å². The summed E-state index contributed by atoms with van der Waals surface area (Å²) in [5.41, 5.74) is -0.327. The molecule has 0 spiro atoms. The third-order valence-corrected chi connectivity index (χ3v) is 5.95. The average molecular weight is 421 g/mol. The fourth-order valence-electron chi connectivity index (χ4n) is 4.40. The third-order valence-electron chi connectivity index (χ3n) is 5.95. The molecule has 6 nitrogen and oxygen atoms in total. The van der Waals surface area contributed by atoms with Crippen LogP contribution < -0.4 is 10.2 Å². The molecule has 1 aromatic rings. The highest BCUT2D eigenvalue weighted by Gasteiger charge is 2.47. The molecule has 3 amide bonds. The molecule has 0 saturated carbocycles. The molecule has 0 radical (unpaired) electrons. The van der Waals surface area contributed by atoms with Crippen molar-refractivity contribution in [1.82, 2.24) is 4.90 Å². The van der Waals surface area contributed by atoms with Crippen LogP contribution in [0.25, 0.3) is 0 Å². The number of carbonyl (C=O) groups excluding carboxylic acids is 3. The van der Waals surface area contributed by atoms with Gasteiger partial charge in [-0.15, -0.1) is 0 Å². The first-order valence-electron chi connectivity index (χ1n) is 10.0. The number of fused-ring (bicyclic) bond motifs is 1. The second kappa shape index (κ2) is 7.77. The smallest absolute Gasteiger partial charge is 0.370 e. The molecule has 2 heterocycles. The second-order valence-electron chi connectivity index (χ2n) is 7.89. The van der Waals surface area contributed by atoms with Crippen LogP contribution in [0.1, 0.15) is 31.2 Å². The maximum Gasteiger partial charge on any atom is 0.416 e. The maximum absolute atomic E-state index is 13.2. The van der Waals surface area contributed by atoms with E-state index in [9.17, 15) is 27.6 Å². The Morgan fingerprint density at radius 3 is 2.20 bits per heavy atom. The lowest BCUT2D eigenvalue weighted by atomic mass is 9.85. The minimum Gasteiger partial charge on any atom is -0.370 e. The van der Waals surface area contributed by atoms with Crippen molar-refractivity contribution in [2.24, 2.45) is 11.8 Å². The summed E-state index contributed by atoms with van der Waals surface area (Å²) in [7, 11) is 0. The van der Waals surface area contributed by atoms with Gasteiger partial charge in [-0.05, 0) is 43.9 Å². The van der Waals surface area contributed by atoms with Gasteiger partial charge < -0.3 is 10.2 Å². The predicted molar refractivity (Wildman–Crippen MR) is 104 cm³/mol. The minimum atomic E-state index is -4.55. The Kier molecular flexibility index (Phi) is 5.29. The van der Waals surface area contributed by atoms with E-state index in [1.165, 1.54) is 6.07 Å². The van der Waals surface area contributed by atoms with Crippen LogP contribution in [-0.4, -0.2) is 42.3 Å². The number of anilines is 2. The number of benzene rings is 1. The van der Waals surface area contributed by atoms with Gasteiger partial charge in [-0.2, -0.15) is 13.2 Å². The molecular formula is C21H22F3N3O3. The van der Waals surface area contributed by atoms with E-state index >= 15 is 0 Å². The number of halogens is 3. The van der Waals surface area contributed by atoms with Crippen LogP contribution in [0.3, 0.4) is 0 Å². The Morgan fingerprint density at radius 1 is 1.03 bits per heavy atom. The molecule has 0 unspecified atom stereocenters. The topological polar surface area (TPSA) is 69.7 Å². The number of rotatable bonds is 4. The highest BCUT2D eigenvalue weighted by Crippen LogP contribution is 2.37. The van der Waals surface area contributed by atoms with E-state index in [0.717, 1.165) is 29.9 Å². The number of nitrogens with one attached hydrogen (secondary N) is 1. The monoisotopic (exact) mass is 421 g/mol. The van der Waals surface area contributed by atoms with Crippen LogP contribution in [0, 0.1) is 11.8 Å². The molecule has 2 aliphatic heterocycles. The summed E-state index contributed by atoms with van der Waals surface area (Å²) in [5.74, 6) is -2.39. The van der Waals surface area contributed by atoms with Crippen molar-refractivity contribution in [2.45, 2.75) is 31.9 Å². The van der Waals surface area contributed by atoms with E-state index < -0.39 is 47.8 Å². The number of amides is 3. The number of carbonyl (C=O) groups is 3. The van der Waals surface area contributed by atoms with Crippen LogP contribution in [0.4, 0.5) is 24.5 Å². The Labute approximate surface area is 171 Å². The van der Waals surface area contributed by atoms with Gasteiger partial charge in [0.2, 0.25) is 17.7 Å². The first-order chi connectivity index (χ1) is 14.3. The Bertz CT molecular complexity index is 880. The lowest BCUT2D eigenvalue weighted by molar-refractivity contribution is -0.142. The Hall–Kier alpha value is -2.84. The van der Waals surface area contributed by atoms with Gasteiger partial charge >= 0.3 is 6.18 Å². The molecule has 2 fully saturated rings. The second-order valence-corrected chi connectivity index (χ2v) is 7.89. The molecule has 0 aromatic heterocycles. The number of likely N-dealkylation sites (tertiary alicyclic amines) is 1. The molecule has 1 aromatic carbocycles. The quantitative estimate of drug-likeness (QED) is 0.599. The predicted octanol–water partition coefficient (Wildman–Crippen LogP) is 3.20. The molecule has 4 rings (SSSR count). The normalized spacial score (nSPS) is 23.8. The van der Waals surface area contributed by atoms with E-state index in [2.05, 4.69) is 5.32 Å². The van der Waals surface area contributed by atoms with Crippen molar-refractivity contribution >= 4 is 29.1 Å². The summed E-state index contributed by atoms with van der Waals surface area (Å²) < 4.78 is 39.6. The largest absolute Gasteiger partial charge is 0.416 e. The zero-order valence-electron chi connectivity index (χ0n) is 16.2. The van der Waals surface area contributed by atoms with Crippen molar-refractivity contribution in [3.8, 4) is 0 Å². The Balaban J connectivity index is 1.53. The fourth-order valence-corrected chi connectivity index (χ4v) is 4.40. The van der Waals surface area contributed by atoms with Crippen LogP contribution in [0.15, 0.2) is 30.4 Å². The summed E-state index contributed by atoms with van der Waals surface area (Å²) in [6.07, 6.45) is 1.90. The summed E-state index contributed by atoms with van der Waals surface area (Å²) >= 11 is 0. The van der Waals surface area contributed by atoms with E-state index in [4.69, 9.17) is 0 Å². The molecule has 2 saturated heterocycles. The SMILES string of the molecule is O=C(CN1C(=O)[C@@H]2CC=CC[C@H]2C1=O)Nc1cc(C(F)(F)F)ccc1N1CCCC1. The summed E-state index contributed by atoms with van der Waals surface area (Å²) in [6.45, 7) is 0.877. The average Bonchev–Trinajstić information content (AvgIpc) is 3.31. The van der Waals surface area contributed by atoms with Crippen molar-refractivity contribution < 1.29 is 27.6 Å². The molecule has 160 valence electrons. The number of allylic oxidation sites excluding steroid dienone is 2. The molecule has 1 aliphatic carbocycles. The summed E-state index contributed by atoms with van der Waals surface area (Å²) in [4.78, 5) is 40.5. The lowest BCUT2D eigenvalue weighted by Gasteiger charge is -2.23. The van der Waals surface area contributed by atoms with E-state index in [-0.39, 0.29) is 5.69 Å². The number of alkyl halides is 3. The van der Waals surface area contributed by atoms with Gasteiger partial charge in [-0.25, -0.2) is 0 Å². The highest BCUT2D eigenvalue weighted by atomic mass is 19.4. The standard InChI is InChI=1S/C21H22F3N3O3/c22-21(23,24)13-7-8-17(26-9-3-4-10-26)16(11-13)25-18(28)12-27-19(29)14-5-1-2-6-15(14)20(27)30/h1-2,7-8,11,14-15H,3-6,9-10,12H2,(H,25,28)/t14-,15-/m1/s1. The first kappa shape index (κ1) is 20.4. The van der Waals surface area contributed by atoms with E-state index in [1.807, 2.05) is 17.1 Å². The van der Waals surface area contributed by atoms with Crippen LogP contribution >= 0.6 is 0 Å². The van der Waals surface area contributed by atoms with Gasteiger partial charge in [-0.3, -0.25) is 19.3 Å². The van der Waals surface area contributed by atoms with E-state index in [0.29, 0.717) is 31.6 Å². The molecule has 0 bridgehead atoms. The molecule has 1 N–H and O–H groups in total. The fraction of sp³-hybridized carbons (Fsp3) is 0.476. The zero-order chi connectivity index (χ0) is 21.5. The van der Waals surface area contributed by atoms with E-state index in [1.54, 1.807) is 0 Å². The van der Waals surface area contributed by atoms with Gasteiger partial charge in [0.15, 0.2) is 0 Å². The third kappa shape index (κ3) is 3.80. The number of imide groups is 1. The van der Waals surface area contributed by atoms with Crippen LogP contribution in [-0.2, 0) is 20.6 Å². The van der Waals surface area contributed by atoms with Gasteiger partial charge in [0.25, 0.3) is 0 Å². The molecule has 30 heavy (non-hydrogen) atoms. The lowest BCUT2D eigenvalue weighted by Crippen LogP contribution is -2.38. The van der Waals surface area contributed by atoms with Gasteiger partial charge in [-0.1, -0.05) is 12.2 Å². The zero-order valence-corrected chi connectivity index (χ0v) is 16.2. The van der Waals surface area contributed by atoms with Crippen molar-refractivity contribution in [1.29, 1.82) is 0 Å². The van der Waals surface area contributed by atoms with Gasteiger partial charge in [0.05, 0.1) is 28.8 Å². The van der Waals surface area contributed by atoms with Gasteiger partial charge in [0, 0.05) is 13.1 Å². The highest BCUT2D eigenvalue weighted by molar-refractivity contribution is 6.09. The Morgan fingerprint density at radius 2 is 1.63 bits per heavy atom. The van der Waals surface area contributed by atoms with Crippen molar-refractivity contribution in [3.05, 3.63) is 35.9 Å². The van der Waals surface area contributed by atoms with Crippen LogP contribution in [0.5, 0.6) is 0 Å². The number of hydrogen-bond acceptors (Lipinski definition) is 4. The molecule has 9 heteroatoms. The van der Waals surface area contributed by atoms with Gasteiger partial charge in [0.1, 0.15) is 6.54 Å². The number of hydrogen-bond donors (Lipinski definition) is 1. The molecular weight excluding hydrogens is 399 g/mol. The summed E-state index contributed by atoms with van der Waals surface area (Å²) in [6, 6.07) is 3.26. The summed E-state index contributed by atoms with van der Waals surface area (Å²) in [5, 5.41) is 2.51.